The summed E-state index contributed by atoms with van der Waals surface area (Å²) in [6.45, 7) is 7.19. The third-order valence-electron chi connectivity index (χ3n) is 5.81. The molecule has 0 spiro atoms. The Bertz CT molecular complexity index is 892. The monoisotopic (exact) mass is 442 g/mol. The SMILES string of the molecule is Cc1ccc(NC(=O)Cc2nc(CN3CCCC(C(=O)N4CCOCC4)C3)cs2)cc1. The fourth-order valence-electron chi connectivity index (χ4n) is 4.15. The zero-order valence-corrected chi connectivity index (χ0v) is 18.8. The van der Waals surface area contributed by atoms with Crippen LogP contribution in [0.4, 0.5) is 5.69 Å². The zero-order valence-electron chi connectivity index (χ0n) is 18.0. The van der Waals surface area contributed by atoms with E-state index >= 15 is 0 Å². The number of morpholine rings is 1. The second-order valence-corrected chi connectivity index (χ2v) is 9.28. The Kier molecular flexibility index (Phi) is 7.32. The van der Waals surface area contributed by atoms with Crippen LogP contribution in [0, 0.1) is 12.8 Å². The van der Waals surface area contributed by atoms with E-state index in [-0.39, 0.29) is 24.2 Å². The Balaban J connectivity index is 1.27. The molecule has 2 fully saturated rings. The van der Waals surface area contributed by atoms with Crippen LogP contribution < -0.4 is 5.32 Å². The number of piperidine rings is 1. The Morgan fingerprint density at radius 2 is 1.97 bits per heavy atom. The number of likely N-dealkylation sites (tertiary alicyclic amines) is 1. The molecular weight excluding hydrogens is 412 g/mol. The number of nitrogens with one attached hydrogen (secondary N) is 1. The highest BCUT2D eigenvalue weighted by Gasteiger charge is 2.30. The number of hydrogen-bond donors (Lipinski definition) is 1. The summed E-state index contributed by atoms with van der Waals surface area (Å²) in [5.41, 5.74) is 2.94. The molecule has 7 nitrogen and oxygen atoms in total. The quantitative estimate of drug-likeness (QED) is 0.745. The van der Waals surface area contributed by atoms with Crippen LogP contribution in [0.5, 0.6) is 0 Å². The van der Waals surface area contributed by atoms with Crippen LogP contribution in [0.15, 0.2) is 29.6 Å². The highest BCUT2D eigenvalue weighted by molar-refractivity contribution is 7.09. The summed E-state index contributed by atoms with van der Waals surface area (Å²) in [5, 5.41) is 5.77. The van der Waals surface area contributed by atoms with Gasteiger partial charge in [0.15, 0.2) is 0 Å². The van der Waals surface area contributed by atoms with E-state index in [9.17, 15) is 9.59 Å². The van der Waals surface area contributed by atoms with Crippen LogP contribution in [0.2, 0.25) is 0 Å². The van der Waals surface area contributed by atoms with Gasteiger partial charge in [0, 0.05) is 37.2 Å². The average molecular weight is 443 g/mol. The Labute approximate surface area is 187 Å². The van der Waals surface area contributed by atoms with Crippen LogP contribution >= 0.6 is 11.3 Å². The smallest absolute Gasteiger partial charge is 0.231 e. The Morgan fingerprint density at radius 1 is 1.19 bits per heavy atom. The molecule has 1 N–H and O–H groups in total. The molecule has 2 aliphatic heterocycles. The van der Waals surface area contributed by atoms with Gasteiger partial charge in [-0.1, -0.05) is 17.7 Å². The first kappa shape index (κ1) is 21.9. The minimum Gasteiger partial charge on any atom is -0.378 e. The number of benzene rings is 1. The molecule has 1 aromatic heterocycles. The second-order valence-electron chi connectivity index (χ2n) is 8.34. The number of thiazole rings is 1. The van der Waals surface area contributed by atoms with Gasteiger partial charge in [0.05, 0.1) is 31.2 Å². The van der Waals surface area contributed by atoms with Crippen molar-refractivity contribution in [2.24, 2.45) is 5.92 Å². The molecule has 1 atom stereocenters. The molecule has 1 aromatic carbocycles. The van der Waals surface area contributed by atoms with E-state index in [0.29, 0.717) is 26.3 Å². The summed E-state index contributed by atoms with van der Waals surface area (Å²) in [6, 6.07) is 7.77. The van der Waals surface area contributed by atoms with E-state index in [1.807, 2.05) is 41.5 Å². The predicted octanol–water partition coefficient (Wildman–Crippen LogP) is 2.70. The van der Waals surface area contributed by atoms with Gasteiger partial charge in [-0.05, 0) is 38.4 Å². The van der Waals surface area contributed by atoms with Crippen LogP contribution in [0.1, 0.15) is 29.1 Å². The van der Waals surface area contributed by atoms with E-state index in [0.717, 1.165) is 54.4 Å². The molecule has 2 saturated heterocycles. The van der Waals surface area contributed by atoms with Crippen molar-refractivity contribution in [1.29, 1.82) is 0 Å². The fraction of sp³-hybridized carbons (Fsp3) is 0.522. The number of amides is 2. The van der Waals surface area contributed by atoms with Crippen molar-refractivity contribution in [2.45, 2.75) is 32.7 Å². The summed E-state index contributed by atoms with van der Waals surface area (Å²) in [5.74, 6) is 0.267. The van der Waals surface area contributed by atoms with Gasteiger partial charge in [-0.25, -0.2) is 4.98 Å². The number of aromatic nitrogens is 1. The maximum absolute atomic E-state index is 12.8. The zero-order chi connectivity index (χ0) is 21.6. The normalized spacial score (nSPS) is 19.9. The summed E-state index contributed by atoms with van der Waals surface area (Å²) in [4.78, 5) is 34.1. The first-order chi connectivity index (χ1) is 15.1. The van der Waals surface area contributed by atoms with E-state index in [1.165, 1.54) is 11.3 Å². The van der Waals surface area contributed by atoms with E-state index < -0.39 is 0 Å². The number of anilines is 1. The summed E-state index contributed by atoms with van der Waals surface area (Å²) < 4.78 is 5.37. The van der Waals surface area contributed by atoms with Crippen molar-refractivity contribution in [3.63, 3.8) is 0 Å². The molecule has 2 amide bonds. The molecule has 31 heavy (non-hydrogen) atoms. The highest BCUT2D eigenvalue weighted by Crippen LogP contribution is 2.22. The largest absolute Gasteiger partial charge is 0.378 e. The first-order valence-electron chi connectivity index (χ1n) is 11.0. The fourth-order valence-corrected chi connectivity index (χ4v) is 4.94. The lowest BCUT2D eigenvalue weighted by Gasteiger charge is -2.36. The number of carbonyl (C=O) groups excluding carboxylic acids is 2. The minimum absolute atomic E-state index is 0.0566. The summed E-state index contributed by atoms with van der Waals surface area (Å²) in [6.07, 6.45) is 2.25. The van der Waals surface area contributed by atoms with Gasteiger partial charge in [0.1, 0.15) is 5.01 Å². The molecule has 0 radical (unpaired) electrons. The van der Waals surface area contributed by atoms with Crippen LogP contribution in [0.3, 0.4) is 0 Å². The molecule has 0 saturated carbocycles. The summed E-state index contributed by atoms with van der Waals surface area (Å²) >= 11 is 1.52. The van der Waals surface area contributed by atoms with Crippen LogP contribution in [-0.4, -0.2) is 66.0 Å². The van der Waals surface area contributed by atoms with E-state index in [2.05, 4.69) is 15.2 Å². The van der Waals surface area contributed by atoms with Gasteiger partial charge >= 0.3 is 0 Å². The molecule has 0 bridgehead atoms. The molecule has 2 aromatic rings. The highest BCUT2D eigenvalue weighted by atomic mass is 32.1. The number of hydrogen-bond acceptors (Lipinski definition) is 6. The standard InChI is InChI=1S/C23H30N4O3S/c1-17-4-6-19(7-5-17)24-21(28)13-22-25-20(16-31-22)15-26-8-2-3-18(14-26)23(29)27-9-11-30-12-10-27/h4-7,16,18H,2-3,8-15H2,1H3,(H,24,28). The third kappa shape index (κ3) is 6.12. The van der Waals surface area contributed by atoms with E-state index in [4.69, 9.17) is 4.74 Å². The van der Waals surface area contributed by atoms with E-state index in [1.54, 1.807) is 0 Å². The van der Waals surface area contributed by atoms with Crippen molar-refractivity contribution in [2.75, 3.05) is 44.7 Å². The number of aryl methyl sites for hydroxylation is 1. The lowest BCUT2D eigenvalue weighted by molar-refractivity contribution is -0.141. The maximum Gasteiger partial charge on any atom is 0.231 e. The summed E-state index contributed by atoms with van der Waals surface area (Å²) in [7, 11) is 0. The van der Waals surface area contributed by atoms with Gasteiger partial charge in [-0.15, -0.1) is 11.3 Å². The van der Waals surface area contributed by atoms with Crippen molar-refractivity contribution >= 4 is 28.8 Å². The Morgan fingerprint density at radius 3 is 2.74 bits per heavy atom. The van der Waals surface area contributed by atoms with Crippen LogP contribution in [-0.2, 0) is 27.3 Å². The topological polar surface area (TPSA) is 74.8 Å². The average Bonchev–Trinajstić information content (AvgIpc) is 3.22. The molecule has 3 heterocycles. The number of ether oxygens (including phenoxy) is 1. The van der Waals surface area contributed by atoms with Gasteiger partial charge in [-0.3, -0.25) is 14.5 Å². The van der Waals surface area contributed by atoms with Crippen molar-refractivity contribution < 1.29 is 14.3 Å². The molecule has 166 valence electrons. The van der Waals surface area contributed by atoms with Crippen molar-refractivity contribution in [1.82, 2.24) is 14.8 Å². The van der Waals surface area contributed by atoms with Gasteiger partial charge in [0.2, 0.25) is 11.8 Å². The Hall–Kier alpha value is -2.29. The first-order valence-corrected chi connectivity index (χ1v) is 11.8. The molecule has 0 aliphatic carbocycles. The predicted molar refractivity (Wildman–Crippen MR) is 121 cm³/mol. The van der Waals surface area contributed by atoms with Crippen molar-refractivity contribution in [3.05, 3.63) is 45.9 Å². The number of nitrogens with zero attached hydrogens (tertiary/aromatic N) is 3. The second kappa shape index (κ2) is 10.3. The maximum atomic E-state index is 12.8. The number of carbonyl (C=O) groups is 2. The number of rotatable bonds is 6. The molecule has 2 aliphatic rings. The van der Waals surface area contributed by atoms with Gasteiger partial charge in [-0.2, -0.15) is 0 Å². The minimum atomic E-state index is -0.0566. The lowest BCUT2D eigenvalue weighted by atomic mass is 9.96. The van der Waals surface area contributed by atoms with Crippen LogP contribution in [0.25, 0.3) is 0 Å². The van der Waals surface area contributed by atoms with Gasteiger partial charge in [0.25, 0.3) is 0 Å². The molecule has 8 heteroatoms. The molecular formula is C23H30N4O3S. The lowest BCUT2D eigenvalue weighted by Crippen LogP contribution is -2.48. The van der Waals surface area contributed by atoms with Crippen molar-refractivity contribution in [3.8, 4) is 0 Å². The molecule has 4 rings (SSSR count). The molecule has 1 unspecified atom stereocenters. The third-order valence-corrected chi connectivity index (χ3v) is 6.71. The van der Waals surface area contributed by atoms with Gasteiger partial charge < -0.3 is 15.0 Å².